The van der Waals surface area contributed by atoms with E-state index in [0.29, 0.717) is 18.9 Å². The molecule has 0 aliphatic carbocycles. The predicted molar refractivity (Wildman–Crippen MR) is 87.6 cm³/mol. The molecule has 0 bridgehead atoms. The first-order valence-corrected chi connectivity index (χ1v) is 7.71. The molecule has 0 heterocycles. The minimum atomic E-state index is 0.0443. The van der Waals surface area contributed by atoms with Crippen molar-refractivity contribution in [2.75, 3.05) is 19.0 Å². The van der Waals surface area contributed by atoms with E-state index in [0.717, 1.165) is 29.8 Å². The molecule has 4 heteroatoms. The Bertz CT molecular complexity index is 458. The highest BCUT2D eigenvalue weighted by molar-refractivity contribution is 5.93. The Labute approximate surface area is 128 Å². The van der Waals surface area contributed by atoms with Crippen molar-refractivity contribution in [3.8, 4) is 5.75 Å². The summed E-state index contributed by atoms with van der Waals surface area (Å²) in [6, 6.07) is 5.69. The van der Waals surface area contributed by atoms with Gasteiger partial charge in [-0.1, -0.05) is 27.2 Å². The lowest BCUT2D eigenvalue weighted by Crippen LogP contribution is -2.27. The Morgan fingerprint density at radius 2 is 2.10 bits per heavy atom. The highest BCUT2D eigenvalue weighted by atomic mass is 16.5. The van der Waals surface area contributed by atoms with Crippen molar-refractivity contribution in [3.63, 3.8) is 0 Å². The third-order valence-corrected chi connectivity index (χ3v) is 3.73. The smallest absolute Gasteiger partial charge is 0.227 e. The Kier molecular flexibility index (Phi) is 7.23. The van der Waals surface area contributed by atoms with Crippen molar-refractivity contribution in [1.82, 2.24) is 0 Å². The molecule has 0 saturated heterocycles. The van der Waals surface area contributed by atoms with Crippen LogP contribution in [0.1, 0.15) is 39.2 Å². The molecule has 1 aromatic carbocycles. The molecule has 3 N–H and O–H groups in total. The van der Waals surface area contributed by atoms with Gasteiger partial charge in [0, 0.05) is 11.6 Å². The van der Waals surface area contributed by atoms with Gasteiger partial charge in [-0.05, 0) is 49.1 Å². The van der Waals surface area contributed by atoms with E-state index in [9.17, 15) is 4.79 Å². The molecule has 1 amide bonds. The maximum atomic E-state index is 12.5. The van der Waals surface area contributed by atoms with Crippen LogP contribution in [0.3, 0.4) is 0 Å². The second kappa shape index (κ2) is 8.67. The molecule has 1 aromatic rings. The van der Waals surface area contributed by atoms with Crippen molar-refractivity contribution in [2.45, 2.75) is 40.0 Å². The van der Waals surface area contributed by atoms with Crippen molar-refractivity contribution < 1.29 is 9.53 Å². The van der Waals surface area contributed by atoms with Crippen LogP contribution in [0.25, 0.3) is 0 Å². The number of hydrogen-bond donors (Lipinski definition) is 2. The average Bonchev–Trinajstić information content (AvgIpc) is 2.46. The average molecular weight is 292 g/mol. The zero-order valence-corrected chi connectivity index (χ0v) is 13.6. The number of anilines is 1. The second-order valence-corrected chi connectivity index (χ2v) is 5.69. The molecule has 1 rings (SSSR count). The largest absolute Gasteiger partial charge is 0.497 e. The lowest BCUT2D eigenvalue weighted by molar-refractivity contribution is -0.121. The van der Waals surface area contributed by atoms with Gasteiger partial charge < -0.3 is 15.8 Å². The summed E-state index contributed by atoms with van der Waals surface area (Å²) in [5, 5.41) is 3.06. The number of methoxy groups -OCH3 is 1. The number of rotatable bonds is 8. The highest BCUT2D eigenvalue weighted by Gasteiger charge is 2.21. The topological polar surface area (TPSA) is 64.3 Å². The molecule has 118 valence electrons. The molecule has 0 aliphatic heterocycles. The first-order valence-electron chi connectivity index (χ1n) is 7.71. The first-order chi connectivity index (χ1) is 10.0. The van der Waals surface area contributed by atoms with Gasteiger partial charge in [-0.3, -0.25) is 4.79 Å². The van der Waals surface area contributed by atoms with Gasteiger partial charge in [0.2, 0.25) is 5.91 Å². The molecular formula is C17H28N2O2. The standard InChI is InChI=1S/C17H28N2O2/c1-5-6-15(12(2)3)17(20)19-16-8-7-14(21-4)11-13(16)9-10-18/h7-8,11-12,15H,5-6,9-10,18H2,1-4H3,(H,19,20). The summed E-state index contributed by atoms with van der Waals surface area (Å²) in [5.74, 6) is 1.25. The van der Waals surface area contributed by atoms with Crippen molar-refractivity contribution in [1.29, 1.82) is 0 Å². The molecule has 0 saturated carbocycles. The SMILES string of the molecule is CCCC(C(=O)Nc1ccc(OC)cc1CCN)C(C)C. The lowest BCUT2D eigenvalue weighted by Gasteiger charge is -2.21. The monoisotopic (exact) mass is 292 g/mol. The summed E-state index contributed by atoms with van der Waals surface area (Å²) >= 11 is 0. The van der Waals surface area contributed by atoms with E-state index in [2.05, 4.69) is 26.1 Å². The Hall–Kier alpha value is -1.55. The van der Waals surface area contributed by atoms with Crippen LogP contribution in [0.2, 0.25) is 0 Å². The Morgan fingerprint density at radius 1 is 1.38 bits per heavy atom. The quantitative estimate of drug-likeness (QED) is 0.773. The highest BCUT2D eigenvalue weighted by Crippen LogP contribution is 2.25. The lowest BCUT2D eigenvalue weighted by atomic mass is 9.90. The van der Waals surface area contributed by atoms with E-state index in [1.807, 2.05) is 18.2 Å². The van der Waals surface area contributed by atoms with Crippen LogP contribution in [0, 0.1) is 11.8 Å². The number of benzene rings is 1. The van der Waals surface area contributed by atoms with Gasteiger partial charge in [0.1, 0.15) is 5.75 Å². The number of amides is 1. The summed E-state index contributed by atoms with van der Waals surface area (Å²) in [7, 11) is 1.63. The van der Waals surface area contributed by atoms with Crippen LogP contribution in [0.15, 0.2) is 18.2 Å². The molecule has 21 heavy (non-hydrogen) atoms. The predicted octanol–water partition coefficient (Wildman–Crippen LogP) is 3.21. The maximum absolute atomic E-state index is 12.5. The minimum absolute atomic E-state index is 0.0443. The minimum Gasteiger partial charge on any atom is -0.497 e. The molecule has 4 nitrogen and oxygen atoms in total. The fourth-order valence-corrected chi connectivity index (χ4v) is 2.48. The van der Waals surface area contributed by atoms with E-state index >= 15 is 0 Å². The molecule has 0 aliphatic rings. The number of carbonyl (C=O) groups excluding carboxylic acids is 1. The maximum Gasteiger partial charge on any atom is 0.227 e. The zero-order valence-electron chi connectivity index (χ0n) is 13.6. The number of carbonyl (C=O) groups is 1. The summed E-state index contributed by atoms with van der Waals surface area (Å²) < 4.78 is 5.23. The molecule has 1 unspecified atom stereocenters. The van der Waals surface area contributed by atoms with Crippen LogP contribution in [-0.2, 0) is 11.2 Å². The van der Waals surface area contributed by atoms with Crippen LogP contribution < -0.4 is 15.8 Å². The van der Waals surface area contributed by atoms with E-state index in [1.54, 1.807) is 7.11 Å². The summed E-state index contributed by atoms with van der Waals surface area (Å²) in [6.07, 6.45) is 2.63. The van der Waals surface area contributed by atoms with Gasteiger partial charge in [-0.2, -0.15) is 0 Å². The number of hydrogen-bond acceptors (Lipinski definition) is 3. The molecule has 0 aromatic heterocycles. The molecular weight excluding hydrogens is 264 g/mol. The fourth-order valence-electron chi connectivity index (χ4n) is 2.48. The van der Waals surface area contributed by atoms with Gasteiger partial charge in [-0.25, -0.2) is 0 Å². The van der Waals surface area contributed by atoms with Crippen molar-refractivity contribution >= 4 is 11.6 Å². The molecule has 0 spiro atoms. The van der Waals surface area contributed by atoms with Crippen LogP contribution in [0.5, 0.6) is 5.75 Å². The Morgan fingerprint density at radius 3 is 2.62 bits per heavy atom. The number of nitrogens with two attached hydrogens (primary N) is 1. The van der Waals surface area contributed by atoms with Gasteiger partial charge >= 0.3 is 0 Å². The Balaban J connectivity index is 2.92. The summed E-state index contributed by atoms with van der Waals surface area (Å²) in [6.45, 7) is 6.83. The third kappa shape index (κ3) is 5.05. The van der Waals surface area contributed by atoms with E-state index in [1.165, 1.54) is 0 Å². The summed E-state index contributed by atoms with van der Waals surface area (Å²) in [4.78, 5) is 12.5. The van der Waals surface area contributed by atoms with Crippen LogP contribution >= 0.6 is 0 Å². The number of nitrogens with one attached hydrogen (secondary N) is 1. The van der Waals surface area contributed by atoms with Crippen molar-refractivity contribution in [3.05, 3.63) is 23.8 Å². The van der Waals surface area contributed by atoms with E-state index < -0.39 is 0 Å². The van der Waals surface area contributed by atoms with Crippen molar-refractivity contribution in [2.24, 2.45) is 17.6 Å². The zero-order chi connectivity index (χ0) is 15.8. The van der Waals surface area contributed by atoms with Gasteiger partial charge in [0.25, 0.3) is 0 Å². The van der Waals surface area contributed by atoms with Gasteiger partial charge in [0.05, 0.1) is 7.11 Å². The summed E-state index contributed by atoms with van der Waals surface area (Å²) in [5.41, 5.74) is 7.51. The second-order valence-electron chi connectivity index (χ2n) is 5.69. The van der Waals surface area contributed by atoms with Gasteiger partial charge in [0.15, 0.2) is 0 Å². The van der Waals surface area contributed by atoms with E-state index in [-0.39, 0.29) is 11.8 Å². The third-order valence-electron chi connectivity index (χ3n) is 3.73. The molecule has 0 fully saturated rings. The fraction of sp³-hybridized carbons (Fsp3) is 0.588. The number of ether oxygens (including phenoxy) is 1. The first kappa shape index (κ1) is 17.5. The normalized spacial score (nSPS) is 12.3. The molecule has 1 atom stereocenters. The van der Waals surface area contributed by atoms with Crippen LogP contribution in [0.4, 0.5) is 5.69 Å². The van der Waals surface area contributed by atoms with E-state index in [4.69, 9.17) is 10.5 Å². The van der Waals surface area contributed by atoms with Gasteiger partial charge in [-0.15, -0.1) is 0 Å². The van der Waals surface area contributed by atoms with Crippen LogP contribution in [-0.4, -0.2) is 19.6 Å². The molecule has 0 radical (unpaired) electrons.